The van der Waals surface area contributed by atoms with E-state index in [1.807, 2.05) is 19.9 Å². The lowest BCUT2D eigenvalue weighted by Gasteiger charge is -2.06. The van der Waals surface area contributed by atoms with E-state index in [0.29, 0.717) is 17.5 Å². The van der Waals surface area contributed by atoms with Gasteiger partial charge in [0.15, 0.2) is 0 Å². The highest BCUT2D eigenvalue weighted by molar-refractivity contribution is 6.30. The lowest BCUT2D eigenvalue weighted by Crippen LogP contribution is -2.28. The third-order valence-electron chi connectivity index (χ3n) is 2.22. The van der Waals surface area contributed by atoms with Gasteiger partial charge >= 0.3 is 0 Å². The van der Waals surface area contributed by atoms with Crippen LogP contribution in [0.25, 0.3) is 6.08 Å². The molecule has 1 aromatic rings. The molecule has 0 saturated heterocycles. The van der Waals surface area contributed by atoms with Crippen molar-refractivity contribution in [3.05, 3.63) is 40.4 Å². The molecule has 0 aliphatic carbocycles. The Labute approximate surface area is 112 Å². The van der Waals surface area contributed by atoms with Crippen molar-refractivity contribution < 1.29 is 4.79 Å². The molecule has 1 rings (SSSR count). The van der Waals surface area contributed by atoms with Crippen LogP contribution < -0.4 is 5.32 Å². The summed E-state index contributed by atoms with van der Waals surface area (Å²) in [5, 5.41) is 12.3. The number of benzene rings is 1. The van der Waals surface area contributed by atoms with Crippen molar-refractivity contribution in [1.82, 2.24) is 5.32 Å². The summed E-state index contributed by atoms with van der Waals surface area (Å²) < 4.78 is 0. The first-order valence-corrected chi connectivity index (χ1v) is 6.06. The van der Waals surface area contributed by atoms with E-state index in [4.69, 9.17) is 16.9 Å². The molecule has 0 spiro atoms. The smallest absolute Gasteiger partial charge is 0.261 e. The van der Waals surface area contributed by atoms with E-state index in [0.717, 1.165) is 5.56 Å². The van der Waals surface area contributed by atoms with Crippen LogP contribution in [0.4, 0.5) is 0 Å². The number of carbonyl (C=O) groups excluding carboxylic acids is 1. The molecule has 1 amide bonds. The fourth-order valence-electron chi connectivity index (χ4n) is 1.27. The predicted molar refractivity (Wildman–Crippen MR) is 72.9 cm³/mol. The SMILES string of the molecule is CC(C)CNC(=O)/C(C#N)=C/c1ccc(Cl)cc1. The van der Waals surface area contributed by atoms with Gasteiger partial charge in [0.05, 0.1) is 0 Å². The summed E-state index contributed by atoms with van der Waals surface area (Å²) in [6, 6.07) is 8.86. The van der Waals surface area contributed by atoms with Gasteiger partial charge in [-0.05, 0) is 29.7 Å². The Morgan fingerprint density at radius 3 is 2.56 bits per heavy atom. The summed E-state index contributed by atoms with van der Waals surface area (Å²) >= 11 is 5.76. The molecule has 3 nitrogen and oxygen atoms in total. The van der Waals surface area contributed by atoms with Gasteiger partial charge in [0, 0.05) is 11.6 Å². The summed E-state index contributed by atoms with van der Waals surface area (Å²) in [5.41, 5.74) is 0.869. The van der Waals surface area contributed by atoms with Crippen LogP contribution in [0.5, 0.6) is 0 Å². The lowest BCUT2D eigenvalue weighted by molar-refractivity contribution is -0.117. The molecule has 0 aromatic heterocycles. The molecule has 0 saturated carbocycles. The molecule has 0 aliphatic heterocycles. The summed E-state index contributed by atoms with van der Waals surface area (Å²) in [6.45, 7) is 4.54. The molecule has 1 aromatic carbocycles. The number of nitrogens with one attached hydrogen (secondary N) is 1. The number of nitrogens with zero attached hydrogens (tertiary/aromatic N) is 1. The molecule has 94 valence electrons. The normalized spacial score (nSPS) is 11.2. The van der Waals surface area contributed by atoms with Gasteiger partial charge in [0.1, 0.15) is 11.6 Å². The quantitative estimate of drug-likeness (QED) is 0.670. The molecule has 0 fully saturated rings. The maximum absolute atomic E-state index is 11.7. The van der Waals surface area contributed by atoms with Crippen molar-refractivity contribution in [2.45, 2.75) is 13.8 Å². The Morgan fingerprint density at radius 1 is 1.44 bits per heavy atom. The van der Waals surface area contributed by atoms with Crippen LogP contribution in [-0.4, -0.2) is 12.5 Å². The second-order valence-corrected chi connectivity index (χ2v) is 4.76. The third kappa shape index (κ3) is 4.60. The van der Waals surface area contributed by atoms with E-state index >= 15 is 0 Å². The zero-order chi connectivity index (χ0) is 13.5. The molecule has 18 heavy (non-hydrogen) atoms. The van der Waals surface area contributed by atoms with Gasteiger partial charge in [-0.25, -0.2) is 0 Å². The number of hydrogen-bond donors (Lipinski definition) is 1. The average molecular weight is 263 g/mol. The number of nitriles is 1. The summed E-state index contributed by atoms with van der Waals surface area (Å²) in [6.07, 6.45) is 1.55. The highest BCUT2D eigenvalue weighted by Crippen LogP contribution is 2.12. The molecule has 4 heteroatoms. The maximum Gasteiger partial charge on any atom is 0.261 e. The average Bonchev–Trinajstić information content (AvgIpc) is 2.35. The van der Waals surface area contributed by atoms with E-state index in [2.05, 4.69) is 5.32 Å². The van der Waals surface area contributed by atoms with Crippen molar-refractivity contribution in [3.63, 3.8) is 0 Å². The fraction of sp³-hybridized carbons (Fsp3) is 0.286. The molecule has 0 unspecified atom stereocenters. The van der Waals surface area contributed by atoms with Crippen LogP contribution in [0.15, 0.2) is 29.8 Å². The number of carbonyl (C=O) groups is 1. The number of hydrogen-bond acceptors (Lipinski definition) is 2. The van der Waals surface area contributed by atoms with E-state index in [-0.39, 0.29) is 11.5 Å². The van der Waals surface area contributed by atoms with Gasteiger partial charge in [-0.15, -0.1) is 0 Å². The Morgan fingerprint density at radius 2 is 2.06 bits per heavy atom. The molecule has 0 bridgehead atoms. The van der Waals surface area contributed by atoms with Crippen LogP contribution in [-0.2, 0) is 4.79 Å². The van der Waals surface area contributed by atoms with Crippen molar-refractivity contribution in [3.8, 4) is 6.07 Å². The van der Waals surface area contributed by atoms with Crippen LogP contribution >= 0.6 is 11.6 Å². The Hall–Kier alpha value is -1.79. The van der Waals surface area contributed by atoms with Crippen LogP contribution in [0.3, 0.4) is 0 Å². The minimum absolute atomic E-state index is 0.0953. The predicted octanol–water partition coefficient (Wildman–Crippen LogP) is 3.02. The van der Waals surface area contributed by atoms with Gasteiger partial charge in [0.25, 0.3) is 5.91 Å². The van der Waals surface area contributed by atoms with E-state index < -0.39 is 0 Å². The van der Waals surface area contributed by atoms with Gasteiger partial charge in [-0.1, -0.05) is 37.6 Å². The highest BCUT2D eigenvalue weighted by Gasteiger charge is 2.08. The minimum atomic E-state index is -0.346. The lowest BCUT2D eigenvalue weighted by atomic mass is 10.1. The van der Waals surface area contributed by atoms with Gasteiger partial charge in [-0.2, -0.15) is 5.26 Å². The molecule has 0 atom stereocenters. The third-order valence-corrected chi connectivity index (χ3v) is 2.47. The van der Waals surface area contributed by atoms with Crippen molar-refractivity contribution >= 4 is 23.6 Å². The summed E-state index contributed by atoms with van der Waals surface area (Å²) in [4.78, 5) is 11.7. The van der Waals surface area contributed by atoms with Crippen molar-refractivity contribution in [1.29, 1.82) is 5.26 Å². The minimum Gasteiger partial charge on any atom is -0.351 e. The highest BCUT2D eigenvalue weighted by atomic mass is 35.5. The van der Waals surface area contributed by atoms with E-state index in [9.17, 15) is 4.79 Å². The molecule has 0 radical (unpaired) electrons. The largest absolute Gasteiger partial charge is 0.351 e. The Bertz CT molecular complexity index is 484. The molecular formula is C14H15ClN2O. The number of halogens is 1. The van der Waals surface area contributed by atoms with Gasteiger partial charge in [0.2, 0.25) is 0 Å². The summed E-state index contributed by atoms with van der Waals surface area (Å²) in [7, 11) is 0. The van der Waals surface area contributed by atoms with Crippen LogP contribution in [0.2, 0.25) is 5.02 Å². The van der Waals surface area contributed by atoms with Crippen LogP contribution in [0, 0.1) is 17.2 Å². The second-order valence-electron chi connectivity index (χ2n) is 4.33. The molecule has 0 aliphatic rings. The van der Waals surface area contributed by atoms with Crippen molar-refractivity contribution in [2.75, 3.05) is 6.54 Å². The maximum atomic E-state index is 11.7. The first kappa shape index (κ1) is 14.3. The number of amides is 1. The number of rotatable bonds is 4. The Kier molecular flexibility index (Phi) is 5.41. The standard InChI is InChI=1S/C14H15ClN2O/c1-10(2)9-17-14(18)12(8-16)7-11-3-5-13(15)6-4-11/h3-7,10H,9H2,1-2H3,(H,17,18)/b12-7+. The zero-order valence-electron chi connectivity index (χ0n) is 10.4. The first-order chi connectivity index (χ1) is 8.52. The monoisotopic (exact) mass is 262 g/mol. The second kappa shape index (κ2) is 6.83. The van der Waals surface area contributed by atoms with E-state index in [1.54, 1.807) is 30.3 Å². The topological polar surface area (TPSA) is 52.9 Å². The van der Waals surface area contributed by atoms with Crippen LogP contribution in [0.1, 0.15) is 19.4 Å². The Balaban J connectivity index is 2.80. The zero-order valence-corrected chi connectivity index (χ0v) is 11.2. The molecule has 0 heterocycles. The molecule has 1 N–H and O–H groups in total. The van der Waals surface area contributed by atoms with Crippen molar-refractivity contribution in [2.24, 2.45) is 5.92 Å². The first-order valence-electron chi connectivity index (χ1n) is 5.68. The fourth-order valence-corrected chi connectivity index (χ4v) is 1.39. The summed E-state index contributed by atoms with van der Waals surface area (Å²) in [5.74, 6) is 0.00516. The van der Waals surface area contributed by atoms with Gasteiger partial charge < -0.3 is 5.32 Å². The van der Waals surface area contributed by atoms with E-state index in [1.165, 1.54) is 0 Å². The molecular weight excluding hydrogens is 248 g/mol. The van der Waals surface area contributed by atoms with Gasteiger partial charge in [-0.3, -0.25) is 4.79 Å².